The fourth-order valence-corrected chi connectivity index (χ4v) is 3.04. The summed E-state index contributed by atoms with van der Waals surface area (Å²) in [6, 6.07) is 9.60. The number of hydrogen-bond donors (Lipinski definition) is 2. The van der Waals surface area contributed by atoms with Crippen LogP contribution in [0.3, 0.4) is 0 Å². The zero-order valence-electron chi connectivity index (χ0n) is 11.5. The van der Waals surface area contributed by atoms with Gasteiger partial charge in [0.1, 0.15) is 5.78 Å². The Morgan fingerprint density at radius 1 is 1.09 bits per heavy atom. The van der Waals surface area contributed by atoms with Crippen molar-refractivity contribution in [2.45, 2.75) is 18.8 Å². The molecule has 110 valence electrons. The molecular weight excluding hydrogens is 302 g/mol. The van der Waals surface area contributed by atoms with Gasteiger partial charge in [-0.3, -0.25) is 9.78 Å². The summed E-state index contributed by atoms with van der Waals surface area (Å²) in [5.41, 5.74) is 3.43. The van der Waals surface area contributed by atoms with Crippen molar-refractivity contribution < 1.29 is 4.79 Å². The van der Waals surface area contributed by atoms with Gasteiger partial charge in [0.05, 0.1) is 16.2 Å². The number of carbonyl (C=O) groups is 1. The highest BCUT2D eigenvalue weighted by atomic mass is 35.5. The summed E-state index contributed by atoms with van der Waals surface area (Å²) in [7, 11) is 0. The highest BCUT2D eigenvalue weighted by Crippen LogP contribution is 2.35. The lowest BCUT2D eigenvalue weighted by atomic mass is 9.79. The van der Waals surface area contributed by atoms with Gasteiger partial charge in [-0.25, -0.2) is 9.78 Å². The molecule has 2 N–H and O–H groups in total. The van der Waals surface area contributed by atoms with Crippen molar-refractivity contribution in [3.05, 3.63) is 51.4 Å². The van der Waals surface area contributed by atoms with E-state index in [0.29, 0.717) is 46.4 Å². The van der Waals surface area contributed by atoms with Crippen LogP contribution in [-0.4, -0.2) is 20.7 Å². The molecule has 1 aliphatic rings. The number of fused-ring (bicyclic) bond motifs is 1. The van der Waals surface area contributed by atoms with Gasteiger partial charge in [-0.05, 0) is 17.5 Å². The summed E-state index contributed by atoms with van der Waals surface area (Å²) in [5.74, 6) is 0.661. The predicted molar refractivity (Wildman–Crippen MR) is 84.1 cm³/mol. The normalized spacial score (nSPS) is 15.2. The smallest absolute Gasteiger partial charge is 0.304 e. The molecule has 1 aromatic carbocycles. The molecule has 0 atom stereocenters. The number of pyridine rings is 1. The maximum absolute atomic E-state index is 11.3. The van der Waals surface area contributed by atoms with Crippen molar-refractivity contribution in [2.75, 3.05) is 0 Å². The molecule has 6 heteroatoms. The molecule has 0 amide bonds. The Morgan fingerprint density at radius 2 is 1.82 bits per heavy atom. The Kier molecular flexibility index (Phi) is 2.90. The van der Waals surface area contributed by atoms with Crippen LogP contribution in [0.2, 0.25) is 5.02 Å². The van der Waals surface area contributed by atoms with E-state index in [4.69, 9.17) is 11.6 Å². The highest BCUT2D eigenvalue weighted by Gasteiger charge is 2.27. The molecule has 0 aliphatic heterocycles. The Hall–Kier alpha value is -2.40. The fraction of sp³-hybridized carbons (Fsp3) is 0.188. The second-order valence-corrected chi connectivity index (χ2v) is 5.97. The van der Waals surface area contributed by atoms with E-state index in [1.165, 1.54) is 0 Å². The number of aromatic amines is 2. The summed E-state index contributed by atoms with van der Waals surface area (Å²) >= 11 is 6.26. The molecule has 1 fully saturated rings. The Labute approximate surface area is 130 Å². The monoisotopic (exact) mass is 313 g/mol. The molecule has 1 aliphatic carbocycles. The molecule has 0 radical (unpaired) electrons. The van der Waals surface area contributed by atoms with Crippen molar-refractivity contribution >= 4 is 28.5 Å². The van der Waals surface area contributed by atoms with Crippen LogP contribution in [0.5, 0.6) is 0 Å². The number of H-pyrrole nitrogens is 2. The van der Waals surface area contributed by atoms with Gasteiger partial charge in [0.15, 0.2) is 5.65 Å². The topological polar surface area (TPSA) is 78.6 Å². The summed E-state index contributed by atoms with van der Waals surface area (Å²) in [6.07, 6.45) is 1.27. The number of aromatic nitrogens is 3. The number of Topliss-reactive ketones (excluding diaryl/α,β-unsaturated/α-hetero) is 1. The van der Waals surface area contributed by atoms with Gasteiger partial charge in [0.2, 0.25) is 0 Å². The Morgan fingerprint density at radius 3 is 2.50 bits per heavy atom. The van der Waals surface area contributed by atoms with Crippen molar-refractivity contribution in [2.24, 2.45) is 0 Å². The van der Waals surface area contributed by atoms with Gasteiger partial charge in [0.25, 0.3) is 0 Å². The van der Waals surface area contributed by atoms with Crippen LogP contribution in [0.25, 0.3) is 22.4 Å². The molecule has 1 saturated carbocycles. The lowest BCUT2D eigenvalue weighted by Crippen LogP contribution is -2.20. The van der Waals surface area contributed by atoms with Gasteiger partial charge >= 0.3 is 5.69 Å². The first-order valence-corrected chi connectivity index (χ1v) is 7.38. The molecule has 5 nitrogen and oxygen atoms in total. The molecular formula is C16H12ClN3O2. The van der Waals surface area contributed by atoms with Crippen LogP contribution < -0.4 is 5.69 Å². The number of nitrogens with one attached hydrogen (secondary N) is 2. The van der Waals surface area contributed by atoms with E-state index in [0.717, 1.165) is 11.1 Å². The first kappa shape index (κ1) is 13.3. The minimum Gasteiger partial charge on any atom is -0.304 e. The number of halogens is 1. The van der Waals surface area contributed by atoms with Gasteiger partial charge in [-0.2, -0.15) is 0 Å². The fourth-order valence-electron chi connectivity index (χ4n) is 2.78. The van der Waals surface area contributed by atoms with Crippen molar-refractivity contribution in [1.82, 2.24) is 15.0 Å². The first-order chi connectivity index (χ1) is 10.6. The summed E-state index contributed by atoms with van der Waals surface area (Å²) < 4.78 is 0. The van der Waals surface area contributed by atoms with Crippen LogP contribution in [0.1, 0.15) is 24.3 Å². The molecule has 0 saturated heterocycles. The third-order valence-electron chi connectivity index (χ3n) is 4.06. The number of carbonyl (C=O) groups excluding carboxylic acids is 1. The number of imidazole rings is 1. The van der Waals surface area contributed by atoms with Gasteiger partial charge < -0.3 is 4.98 Å². The lowest BCUT2D eigenvalue weighted by Gasteiger charge is -2.24. The summed E-state index contributed by atoms with van der Waals surface area (Å²) in [6.45, 7) is 0. The van der Waals surface area contributed by atoms with E-state index in [2.05, 4.69) is 15.0 Å². The maximum atomic E-state index is 11.3. The average molecular weight is 314 g/mol. The van der Waals surface area contributed by atoms with Crippen LogP contribution in [0, 0.1) is 0 Å². The molecule has 4 rings (SSSR count). The zero-order chi connectivity index (χ0) is 15.3. The molecule has 2 aromatic heterocycles. The van der Waals surface area contributed by atoms with Gasteiger partial charge in [0, 0.05) is 18.4 Å². The largest absolute Gasteiger partial charge is 0.325 e. The Balaban J connectivity index is 1.73. The van der Waals surface area contributed by atoms with E-state index in [9.17, 15) is 9.59 Å². The van der Waals surface area contributed by atoms with Crippen molar-refractivity contribution in [3.63, 3.8) is 0 Å². The minimum absolute atomic E-state index is 0.305. The molecule has 0 spiro atoms. The SMILES string of the molecule is O=C1CC(c2ccc(-c3nc4[nH]c(=O)[nH]c4cc3Cl)cc2)C1. The first-order valence-electron chi connectivity index (χ1n) is 7.01. The number of rotatable bonds is 2. The summed E-state index contributed by atoms with van der Waals surface area (Å²) in [5, 5.41) is 0.481. The number of benzene rings is 1. The van der Waals surface area contributed by atoms with Crippen LogP contribution >= 0.6 is 11.6 Å². The number of ketones is 1. The standard InChI is InChI=1S/C16H12ClN3O2/c17-12-7-13-15(20-16(22)18-13)19-14(12)9-3-1-8(2-4-9)10-5-11(21)6-10/h1-4,7,10H,5-6H2,(H2,18,19,20,22). The van der Waals surface area contributed by atoms with Gasteiger partial charge in [-0.1, -0.05) is 35.9 Å². The predicted octanol–water partition coefficient (Wildman–Crippen LogP) is 3.02. The van der Waals surface area contributed by atoms with E-state index < -0.39 is 0 Å². The molecule has 2 heterocycles. The second-order valence-electron chi connectivity index (χ2n) is 5.56. The second kappa shape index (κ2) is 4.81. The van der Waals surface area contributed by atoms with E-state index in [1.54, 1.807) is 6.07 Å². The van der Waals surface area contributed by atoms with Crippen molar-refractivity contribution in [3.8, 4) is 11.3 Å². The van der Waals surface area contributed by atoms with Crippen molar-refractivity contribution in [1.29, 1.82) is 0 Å². The van der Waals surface area contributed by atoms with Crippen LogP contribution in [0.15, 0.2) is 35.1 Å². The van der Waals surface area contributed by atoms with E-state index >= 15 is 0 Å². The number of nitrogens with zero attached hydrogens (tertiary/aromatic N) is 1. The van der Waals surface area contributed by atoms with Crippen LogP contribution in [0.4, 0.5) is 0 Å². The molecule has 0 bridgehead atoms. The lowest BCUT2D eigenvalue weighted by molar-refractivity contribution is -0.124. The highest BCUT2D eigenvalue weighted by molar-refractivity contribution is 6.33. The minimum atomic E-state index is -0.305. The van der Waals surface area contributed by atoms with E-state index in [-0.39, 0.29) is 5.69 Å². The Bertz CT molecular complexity index is 932. The third kappa shape index (κ3) is 2.14. The van der Waals surface area contributed by atoms with Gasteiger partial charge in [-0.15, -0.1) is 0 Å². The summed E-state index contributed by atoms with van der Waals surface area (Å²) in [4.78, 5) is 32.1. The third-order valence-corrected chi connectivity index (χ3v) is 4.35. The van der Waals surface area contributed by atoms with E-state index in [1.807, 2.05) is 24.3 Å². The molecule has 0 unspecified atom stereocenters. The molecule has 22 heavy (non-hydrogen) atoms. The number of hydrogen-bond acceptors (Lipinski definition) is 3. The van der Waals surface area contributed by atoms with Crippen LogP contribution in [-0.2, 0) is 4.79 Å². The average Bonchev–Trinajstić information content (AvgIpc) is 2.82. The zero-order valence-corrected chi connectivity index (χ0v) is 12.3. The quantitative estimate of drug-likeness (QED) is 0.763. The maximum Gasteiger partial charge on any atom is 0.325 e. The molecule has 3 aromatic rings.